The van der Waals surface area contributed by atoms with Crippen LogP contribution in [0.25, 0.3) is 11.0 Å². The SMILES string of the molecule is CC(c1cccnc1)n1c(CCCl)nc2c(F)cccc21. The molecule has 5 heteroatoms. The van der Waals surface area contributed by atoms with Crippen LogP contribution >= 0.6 is 11.6 Å². The summed E-state index contributed by atoms with van der Waals surface area (Å²) >= 11 is 5.87. The van der Waals surface area contributed by atoms with E-state index < -0.39 is 0 Å². The van der Waals surface area contributed by atoms with Gasteiger partial charge in [-0.05, 0) is 30.7 Å². The van der Waals surface area contributed by atoms with Gasteiger partial charge in [-0.1, -0.05) is 12.1 Å². The van der Waals surface area contributed by atoms with Crippen molar-refractivity contribution in [3.05, 3.63) is 59.9 Å². The Balaban J connectivity index is 2.20. The minimum atomic E-state index is -0.305. The average molecular weight is 304 g/mol. The molecule has 0 fully saturated rings. The molecule has 21 heavy (non-hydrogen) atoms. The van der Waals surface area contributed by atoms with Crippen molar-refractivity contribution in [1.82, 2.24) is 14.5 Å². The Morgan fingerprint density at radius 3 is 2.86 bits per heavy atom. The van der Waals surface area contributed by atoms with Crippen molar-refractivity contribution in [2.45, 2.75) is 19.4 Å². The standard InChI is InChI=1S/C16H15ClFN3/c1-11(12-4-3-9-19-10-12)21-14-6-2-5-13(18)16(14)20-15(21)7-8-17/h2-6,9-11H,7-8H2,1H3. The molecule has 0 saturated heterocycles. The summed E-state index contributed by atoms with van der Waals surface area (Å²) in [6.07, 6.45) is 4.15. The summed E-state index contributed by atoms with van der Waals surface area (Å²) in [5.41, 5.74) is 2.23. The van der Waals surface area contributed by atoms with E-state index in [1.807, 2.05) is 29.0 Å². The first-order valence-corrected chi connectivity index (χ1v) is 7.37. The molecule has 2 aromatic heterocycles. The highest BCUT2D eigenvalue weighted by Crippen LogP contribution is 2.27. The number of para-hydroxylation sites is 1. The van der Waals surface area contributed by atoms with Gasteiger partial charge in [0, 0.05) is 24.7 Å². The van der Waals surface area contributed by atoms with Gasteiger partial charge in [0.05, 0.1) is 11.6 Å². The Labute approximate surface area is 127 Å². The first-order chi connectivity index (χ1) is 10.2. The summed E-state index contributed by atoms with van der Waals surface area (Å²) in [4.78, 5) is 8.59. The number of aromatic nitrogens is 3. The van der Waals surface area contributed by atoms with Crippen molar-refractivity contribution in [3.8, 4) is 0 Å². The van der Waals surface area contributed by atoms with E-state index in [0.717, 1.165) is 16.9 Å². The van der Waals surface area contributed by atoms with Crippen LogP contribution in [0.1, 0.15) is 24.4 Å². The summed E-state index contributed by atoms with van der Waals surface area (Å²) < 4.78 is 16.0. The monoisotopic (exact) mass is 303 g/mol. The minimum absolute atomic E-state index is 0.0173. The fraction of sp³-hybridized carbons (Fsp3) is 0.250. The van der Waals surface area contributed by atoms with E-state index in [9.17, 15) is 4.39 Å². The number of alkyl halides is 1. The van der Waals surface area contributed by atoms with Gasteiger partial charge in [0.1, 0.15) is 11.3 Å². The lowest BCUT2D eigenvalue weighted by molar-refractivity contribution is 0.621. The van der Waals surface area contributed by atoms with E-state index in [1.165, 1.54) is 6.07 Å². The second kappa shape index (κ2) is 5.82. The van der Waals surface area contributed by atoms with Crippen LogP contribution in [0.5, 0.6) is 0 Å². The number of rotatable bonds is 4. The largest absolute Gasteiger partial charge is 0.320 e. The number of pyridine rings is 1. The second-order valence-electron chi connectivity index (χ2n) is 4.91. The van der Waals surface area contributed by atoms with Crippen molar-refractivity contribution >= 4 is 22.6 Å². The van der Waals surface area contributed by atoms with Gasteiger partial charge in [-0.3, -0.25) is 4.98 Å². The van der Waals surface area contributed by atoms with Gasteiger partial charge >= 0.3 is 0 Å². The van der Waals surface area contributed by atoms with Crippen molar-refractivity contribution in [2.75, 3.05) is 5.88 Å². The number of hydrogen-bond acceptors (Lipinski definition) is 2. The van der Waals surface area contributed by atoms with E-state index in [0.29, 0.717) is 17.8 Å². The lowest BCUT2D eigenvalue weighted by atomic mass is 10.1. The number of benzene rings is 1. The molecule has 0 spiro atoms. The normalized spacial score (nSPS) is 12.7. The van der Waals surface area contributed by atoms with Gasteiger partial charge in [-0.25, -0.2) is 9.37 Å². The Morgan fingerprint density at radius 1 is 1.29 bits per heavy atom. The number of fused-ring (bicyclic) bond motifs is 1. The van der Waals surface area contributed by atoms with Crippen molar-refractivity contribution in [2.24, 2.45) is 0 Å². The van der Waals surface area contributed by atoms with E-state index in [4.69, 9.17) is 11.6 Å². The predicted molar refractivity (Wildman–Crippen MR) is 82.2 cm³/mol. The lowest BCUT2D eigenvalue weighted by Gasteiger charge is -2.17. The van der Waals surface area contributed by atoms with Crippen LogP contribution in [0, 0.1) is 5.82 Å². The Hall–Kier alpha value is -1.94. The molecule has 108 valence electrons. The van der Waals surface area contributed by atoms with Gasteiger partial charge in [-0.15, -0.1) is 11.6 Å². The van der Waals surface area contributed by atoms with Crippen molar-refractivity contribution in [1.29, 1.82) is 0 Å². The van der Waals surface area contributed by atoms with E-state index in [1.54, 1.807) is 12.3 Å². The first-order valence-electron chi connectivity index (χ1n) is 6.83. The highest BCUT2D eigenvalue weighted by molar-refractivity contribution is 6.17. The molecule has 2 heterocycles. The van der Waals surface area contributed by atoms with Crippen LogP contribution in [-0.2, 0) is 6.42 Å². The van der Waals surface area contributed by atoms with Crippen LogP contribution < -0.4 is 0 Å². The number of hydrogen-bond donors (Lipinski definition) is 0. The second-order valence-corrected chi connectivity index (χ2v) is 5.28. The maximum absolute atomic E-state index is 14.0. The zero-order chi connectivity index (χ0) is 14.8. The van der Waals surface area contributed by atoms with Gasteiger partial charge in [0.25, 0.3) is 0 Å². The third-order valence-electron chi connectivity index (χ3n) is 3.62. The molecular weight excluding hydrogens is 289 g/mol. The van der Waals surface area contributed by atoms with Crippen LogP contribution in [0.15, 0.2) is 42.7 Å². The molecule has 3 rings (SSSR count). The molecule has 0 aliphatic heterocycles. The average Bonchev–Trinajstić information content (AvgIpc) is 2.87. The van der Waals surface area contributed by atoms with Crippen molar-refractivity contribution < 1.29 is 4.39 Å². The zero-order valence-corrected chi connectivity index (χ0v) is 12.4. The summed E-state index contributed by atoms with van der Waals surface area (Å²) in [7, 11) is 0. The Morgan fingerprint density at radius 2 is 2.14 bits per heavy atom. The Kier molecular flexibility index (Phi) is 3.88. The Bertz CT molecular complexity index is 755. The molecule has 3 aromatic rings. The van der Waals surface area contributed by atoms with Gasteiger partial charge in [0.15, 0.2) is 5.82 Å². The summed E-state index contributed by atoms with van der Waals surface area (Å²) in [5.74, 6) is 0.937. The number of halogens is 2. The smallest absolute Gasteiger partial charge is 0.151 e. The van der Waals surface area contributed by atoms with Gasteiger partial charge in [-0.2, -0.15) is 0 Å². The fourth-order valence-electron chi connectivity index (χ4n) is 2.60. The predicted octanol–water partition coefficient (Wildman–Crippen LogP) is 3.96. The molecule has 3 nitrogen and oxygen atoms in total. The molecule has 1 unspecified atom stereocenters. The number of imidazole rings is 1. The van der Waals surface area contributed by atoms with Crippen LogP contribution in [0.3, 0.4) is 0 Å². The maximum atomic E-state index is 14.0. The molecule has 0 radical (unpaired) electrons. The van der Waals surface area contributed by atoms with E-state index in [-0.39, 0.29) is 11.9 Å². The van der Waals surface area contributed by atoms with E-state index in [2.05, 4.69) is 16.9 Å². The molecule has 0 N–H and O–H groups in total. The molecule has 0 saturated carbocycles. The number of aryl methyl sites for hydroxylation is 1. The first kappa shape index (κ1) is 14.0. The molecule has 0 aliphatic rings. The third kappa shape index (κ3) is 2.51. The number of nitrogens with zero attached hydrogens (tertiary/aromatic N) is 3. The van der Waals surface area contributed by atoms with Crippen LogP contribution in [0.4, 0.5) is 4.39 Å². The molecule has 0 amide bonds. The molecule has 0 aliphatic carbocycles. The maximum Gasteiger partial charge on any atom is 0.151 e. The van der Waals surface area contributed by atoms with Crippen LogP contribution in [-0.4, -0.2) is 20.4 Å². The van der Waals surface area contributed by atoms with Crippen LogP contribution in [0.2, 0.25) is 0 Å². The highest BCUT2D eigenvalue weighted by atomic mass is 35.5. The van der Waals surface area contributed by atoms with Gasteiger partial charge in [0.2, 0.25) is 0 Å². The quantitative estimate of drug-likeness (QED) is 0.683. The van der Waals surface area contributed by atoms with Crippen molar-refractivity contribution in [3.63, 3.8) is 0 Å². The molecular formula is C16H15ClFN3. The molecule has 1 atom stereocenters. The zero-order valence-electron chi connectivity index (χ0n) is 11.6. The highest BCUT2D eigenvalue weighted by Gasteiger charge is 2.18. The topological polar surface area (TPSA) is 30.7 Å². The fourth-order valence-corrected chi connectivity index (χ4v) is 2.77. The molecule has 1 aromatic carbocycles. The minimum Gasteiger partial charge on any atom is -0.320 e. The van der Waals surface area contributed by atoms with E-state index >= 15 is 0 Å². The third-order valence-corrected chi connectivity index (χ3v) is 3.81. The lowest BCUT2D eigenvalue weighted by Crippen LogP contribution is -2.11. The summed E-state index contributed by atoms with van der Waals surface area (Å²) in [5, 5.41) is 0. The molecule has 0 bridgehead atoms. The summed E-state index contributed by atoms with van der Waals surface area (Å²) in [6.45, 7) is 2.06. The van der Waals surface area contributed by atoms with Gasteiger partial charge < -0.3 is 4.57 Å². The summed E-state index contributed by atoms with van der Waals surface area (Å²) in [6, 6.07) is 8.94.